The molecule has 0 aliphatic heterocycles. The number of aliphatic carboxylic acids is 2. The van der Waals surface area contributed by atoms with E-state index in [1.807, 2.05) is 5.32 Å². The van der Waals surface area contributed by atoms with Gasteiger partial charge in [-0.05, 0) is 6.92 Å². The highest BCUT2D eigenvalue weighted by Gasteiger charge is 2.29. The molecule has 14 heteroatoms. The summed E-state index contributed by atoms with van der Waals surface area (Å²) in [5.41, 5.74) is 6.33. The zero-order valence-corrected chi connectivity index (χ0v) is 16.0. The molecule has 0 aromatic carbocycles. The first-order chi connectivity index (χ1) is 14.0. The van der Waals surface area contributed by atoms with E-state index >= 15 is 0 Å². The maximum Gasteiger partial charge on any atom is 0.326 e. The smallest absolute Gasteiger partial charge is 0.326 e. The molecule has 0 radical (unpaired) electrons. The van der Waals surface area contributed by atoms with Crippen LogP contribution in [0.25, 0.3) is 0 Å². The summed E-state index contributed by atoms with van der Waals surface area (Å²) in [4.78, 5) is 64.6. The number of aliphatic hydroxyl groups excluding tert-OH is 1. The Morgan fingerprint density at radius 2 is 1.70 bits per heavy atom. The fraction of sp³-hybridized carbons (Fsp3) is 0.500. The number of nitrogens with two attached hydrogens (primary N) is 1. The number of nitrogens with one attached hydrogen (secondary N) is 4. The molecule has 1 heterocycles. The van der Waals surface area contributed by atoms with Crippen LogP contribution in [0.15, 0.2) is 12.5 Å². The number of carbonyl (C=O) groups is 5. The maximum absolute atomic E-state index is 12.2. The lowest BCUT2D eigenvalue weighted by atomic mass is 10.1. The molecule has 0 bridgehead atoms. The van der Waals surface area contributed by atoms with E-state index in [0.717, 1.165) is 0 Å². The van der Waals surface area contributed by atoms with Gasteiger partial charge in [0.05, 0.1) is 25.4 Å². The summed E-state index contributed by atoms with van der Waals surface area (Å²) in [6.45, 7) is 0.423. The van der Waals surface area contributed by atoms with Crippen molar-refractivity contribution < 1.29 is 39.3 Å². The monoisotopic (exact) mass is 428 g/mol. The van der Waals surface area contributed by atoms with Gasteiger partial charge in [-0.3, -0.25) is 19.2 Å². The summed E-state index contributed by atoms with van der Waals surface area (Å²) in [6, 6.07) is -5.43. The predicted molar refractivity (Wildman–Crippen MR) is 98.7 cm³/mol. The van der Waals surface area contributed by atoms with E-state index in [4.69, 9.17) is 15.9 Å². The maximum atomic E-state index is 12.2. The molecule has 0 aliphatic rings. The number of amides is 3. The minimum Gasteiger partial charge on any atom is -0.481 e. The van der Waals surface area contributed by atoms with Crippen LogP contribution in [-0.2, 0) is 30.4 Å². The summed E-state index contributed by atoms with van der Waals surface area (Å²) < 4.78 is 0. The standard InChI is InChI=1S/C16H24N6O8/c1-7(13(26)21-10(16(29)30)3-12(24)25)20-15(28)11(5-23)22-14(27)9(17)2-8-4-18-6-19-8/h4,6-7,9-11,23H,2-3,5,17H2,1H3,(H,18,19)(H,20,28)(H,21,26)(H,22,27)(H,24,25)(H,29,30). The number of carboxylic acids is 2. The fourth-order valence-electron chi connectivity index (χ4n) is 2.25. The minimum absolute atomic E-state index is 0.102. The third kappa shape index (κ3) is 7.84. The molecule has 14 nitrogen and oxygen atoms in total. The van der Waals surface area contributed by atoms with E-state index in [9.17, 15) is 29.1 Å². The van der Waals surface area contributed by atoms with Crippen LogP contribution in [0.2, 0.25) is 0 Å². The first-order valence-corrected chi connectivity index (χ1v) is 8.74. The van der Waals surface area contributed by atoms with Crippen molar-refractivity contribution in [2.24, 2.45) is 5.73 Å². The van der Waals surface area contributed by atoms with Crippen LogP contribution >= 0.6 is 0 Å². The Morgan fingerprint density at radius 3 is 2.20 bits per heavy atom. The van der Waals surface area contributed by atoms with Gasteiger partial charge in [0.1, 0.15) is 18.1 Å². The number of aromatic nitrogens is 2. The first-order valence-electron chi connectivity index (χ1n) is 8.74. The molecule has 0 spiro atoms. The molecule has 166 valence electrons. The van der Waals surface area contributed by atoms with Gasteiger partial charge in [0, 0.05) is 18.3 Å². The van der Waals surface area contributed by atoms with Gasteiger partial charge in [-0.15, -0.1) is 0 Å². The Morgan fingerprint density at radius 1 is 1.07 bits per heavy atom. The highest BCUT2D eigenvalue weighted by molar-refractivity contribution is 5.94. The third-order valence-corrected chi connectivity index (χ3v) is 3.89. The normalized spacial score (nSPS) is 14.6. The van der Waals surface area contributed by atoms with Crippen LogP contribution in [0.3, 0.4) is 0 Å². The number of hydrogen-bond acceptors (Lipinski definition) is 8. The molecule has 0 fully saturated rings. The average Bonchev–Trinajstić information content (AvgIpc) is 3.17. The molecule has 0 aliphatic carbocycles. The molecule has 4 atom stereocenters. The quantitative estimate of drug-likeness (QED) is 0.162. The van der Waals surface area contributed by atoms with Crippen molar-refractivity contribution >= 4 is 29.7 Å². The summed E-state index contributed by atoms with van der Waals surface area (Å²) in [6.07, 6.45) is 2.12. The van der Waals surface area contributed by atoms with Gasteiger partial charge in [0.25, 0.3) is 0 Å². The number of aliphatic hydroxyl groups is 1. The van der Waals surface area contributed by atoms with Gasteiger partial charge in [-0.2, -0.15) is 0 Å². The molecule has 0 saturated carbocycles. The third-order valence-electron chi connectivity index (χ3n) is 3.89. The van der Waals surface area contributed by atoms with Crippen molar-refractivity contribution in [2.45, 2.75) is 43.9 Å². The second-order valence-corrected chi connectivity index (χ2v) is 6.36. The number of carbonyl (C=O) groups excluding carboxylic acids is 3. The van der Waals surface area contributed by atoms with Crippen molar-refractivity contribution in [3.63, 3.8) is 0 Å². The second kappa shape index (κ2) is 11.5. The topological polar surface area (TPSA) is 237 Å². The van der Waals surface area contributed by atoms with Gasteiger partial charge in [-0.1, -0.05) is 0 Å². The zero-order valence-electron chi connectivity index (χ0n) is 16.0. The van der Waals surface area contributed by atoms with Crippen molar-refractivity contribution in [2.75, 3.05) is 6.61 Å². The predicted octanol–water partition coefficient (Wildman–Crippen LogP) is -3.69. The van der Waals surface area contributed by atoms with E-state index in [0.29, 0.717) is 5.69 Å². The number of nitrogens with zero attached hydrogens (tertiary/aromatic N) is 1. The summed E-state index contributed by atoms with van der Waals surface area (Å²) >= 11 is 0. The Kier molecular flexibility index (Phi) is 9.38. The van der Waals surface area contributed by atoms with E-state index in [1.54, 1.807) is 0 Å². The summed E-state index contributed by atoms with van der Waals surface area (Å²) in [5, 5.41) is 33.4. The average molecular weight is 428 g/mol. The van der Waals surface area contributed by atoms with Crippen LogP contribution in [-0.4, -0.2) is 85.7 Å². The Bertz CT molecular complexity index is 768. The van der Waals surface area contributed by atoms with Crippen LogP contribution in [0, 0.1) is 0 Å². The van der Waals surface area contributed by atoms with Gasteiger partial charge in [0.2, 0.25) is 17.7 Å². The Hall–Kier alpha value is -3.52. The van der Waals surface area contributed by atoms with E-state index < -0.39 is 66.9 Å². The number of rotatable bonds is 12. The van der Waals surface area contributed by atoms with Gasteiger partial charge in [0.15, 0.2) is 0 Å². The van der Waals surface area contributed by atoms with Gasteiger partial charge >= 0.3 is 11.9 Å². The molecule has 30 heavy (non-hydrogen) atoms. The number of H-pyrrole nitrogens is 1. The lowest BCUT2D eigenvalue weighted by molar-refractivity contribution is -0.147. The molecule has 3 amide bonds. The number of aromatic amines is 1. The zero-order chi connectivity index (χ0) is 22.8. The number of carboxylic acid groups (broad SMARTS) is 2. The molecular weight excluding hydrogens is 404 g/mol. The fourth-order valence-corrected chi connectivity index (χ4v) is 2.25. The largest absolute Gasteiger partial charge is 0.481 e. The lowest BCUT2D eigenvalue weighted by Gasteiger charge is -2.22. The van der Waals surface area contributed by atoms with Crippen molar-refractivity contribution in [1.29, 1.82) is 0 Å². The summed E-state index contributed by atoms with van der Waals surface area (Å²) in [5.74, 6) is -5.61. The highest BCUT2D eigenvalue weighted by atomic mass is 16.4. The molecular formula is C16H24N6O8. The van der Waals surface area contributed by atoms with Crippen molar-refractivity contribution in [3.05, 3.63) is 18.2 Å². The van der Waals surface area contributed by atoms with E-state index in [-0.39, 0.29) is 6.42 Å². The first kappa shape index (κ1) is 24.5. The van der Waals surface area contributed by atoms with Crippen LogP contribution in [0.4, 0.5) is 0 Å². The molecule has 9 N–H and O–H groups in total. The van der Waals surface area contributed by atoms with Crippen LogP contribution < -0.4 is 21.7 Å². The Balaban J connectivity index is 2.61. The second-order valence-electron chi connectivity index (χ2n) is 6.36. The van der Waals surface area contributed by atoms with Crippen LogP contribution in [0.1, 0.15) is 19.0 Å². The lowest BCUT2D eigenvalue weighted by Crippen LogP contribution is -2.57. The summed E-state index contributed by atoms with van der Waals surface area (Å²) in [7, 11) is 0. The molecule has 0 saturated heterocycles. The number of hydrogen-bond donors (Lipinski definition) is 8. The highest BCUT2D eigenvalue weighted by Crippen LogP contribution is 1.98. The number of imidazole rings is 1. The molecule has 4 unspecified atom stereocenters. The molecule has 1 aromatic heterocycles. The Labute approximate surface area is 170 Å². The van der Waals surface area contributed by atoms with Crippen molar-refractivity contribution in [1.82, 2.24) is 25.9 Å². The van der Waals surface area contributed by atoms with Crippen molar-refractivity contribution in [3.8, 4) is 0 Å². The van der Waals surface area contributed by atoms with Crippen LogP contribution in [0.5, 0.6) is 0 Å². The van der Waals surface area contributed by atoms with Gasteiger partial charge in [-0.25, -0.2) is 9.78 Å². The van der Waals surface area contributed by atoms with Gasteiger partial charge < -0.3 is 42.0 Å². The van der Waals surface area contributed by atoms with E-state index in [2.05, 4.69) is 20.6 Å². The minimum atomic E-state index is -1.69. The SMILES string of the molecule is CC(NC(=O)C(CO)NC(=O)C(N)Cc1cnc[nH]1)C(=O)NC(CC(=O)O)C(=O)O. The molecule has 1 rings (SSSR count). The molecule has 1 aromatic rings. The van der Waals surface area contributed by atoms with E-state index in [1.165, 1.54) is 19.4 Å².